The quantitative estimate of drug-likeness (QED) is 0.803. The van der Waals surface area contributed by atoms with Crippen LogP contribution in [-0.2, 0) is 6.54 Å². The van der Waals surface area contributed by atoms with E-state index in [0.717, 1.165) is 0 Å². The maximum Gasteiger partial charge on any atom is 0.230 e. The molecular weight excluding hydrogens is 267 g/mol. The molecule has 0 amide bonds. The smallest absolute Gasteiger partial charge is 0.230 e. The van der Waals surface area contributed by atoms with Crippen LogP contribution >= 0.6 is 34.5 Å². The Hall–Kier alpha value is -0.840. The third-order valence-electron chi connectivity index (χ3n) is 2.16. The minimum atomic E-state index is -0.194. The van der Waals surface area contributed by atoms with Crippen molar-refractivity contribution in [3.8, 4) is 0 Å². The number of halogens is 2. The highest BCUT2D eigenvalue weighted by atomic mass is 35.5. The topological polar surface area (TPSA) is 34.9 Å². The Balaban J connectivity index is 2.43. The van der Waals surface area contributed by atoms with E-state index in [1.807, 2.05) is 6.92 Å². The SMILES string of the molecule is CCn1ccnc1C(=O)c1cc(Cl)sc1Cl. The number of hydrogen-bond donors (Lipinski definition) is 0. The molecule has 3 nitrogen and oxygen atoms in total. The molecule has 0 unspecified atom stereocenters. The van der Waals surface area contributed by atoms with E-state index in [-0.39, 0.29) is 5.78 Å². The summed E-state index contributed by atoms with van der Waals surface area (Å²) in [7, 11) is 0. The van der Waals surface area contributed by atoms with Crippen molar-refractivity contribution in [3.05, 3.63) is 38.5 Å². The van der Waals surface area contributed by atoms with Gasteiger partial charge < -0.3 is 4.57 Å². The average Bonchev–Trinajstić information content (AvgIpc) is 2.83. The van der Waals surface area contributed by atoms with Crippen molar-refractivity contribution in [2.75, 3.05) is 0 Å². The number of thiophene rings is 1. The van der Waals surface area contributed by atoms with Crippen LogP contribution in [0.2, 0.25) is 8.67 Å². The third-order valence-corrected chi connectivity index (χ3v) is 3.65. The van der Waals surface area contributed by atoms with Crippen LogP contribution in [0.3, 0.4) is 0 Å². The standard InChI is InChI=1S/C10H8Cl2N2OS/c1-2-14-4-3-13-10(14)8(15)6-5-7(11)16-9(6)12/h3-5H,2H2,1H3. The van der Waals surface area contributed by atoms with Gasteiger partial charge in [0.15, 0.2) is 5.82 Å². The van der Waals surface area contributed by atoms with Crippen LogP contribution in [0.15, 0.2) is 18.5 Å². The van der Waals surface area contributed by atoms with Crippen LogP contribution < -0.4 is 0 Å². The number of imidazole rings is 1. The first-order valence-electron chi connectivity index (χ1n) is 4.64. The Morgan fingerprint density at radius 3 is 2.88 bits per heavy atom. The van der Waals surface area contributed by atoms with Crippen molar-refractivity contribution in [1.82, 2.24) is 9.55 Å². The largest absolute Gasteiger partial charge is 0.328 e. The second kappa shape index (κ2) is 4.57. The summed E-state index contributed by atoms with van der Waals surface area (Å²) in [6.45, 7) is 2.64. The molecule has 16 heavy (non-hydrogen) atoms. The summed E-state index contributed by atoms with van der Waals surface area (Å²) >= 11 is 12.9. The molecule has 84 valence electrons. The fourth-order valence-corrected chi connectivity index (χ4v) is 2.85. The van der Waals surface area contributed by atoms with Gasteiger partial charge in [-0.05, 0) is 13.0 Å². The van der Waals surface area contributed by atoms with E-state index in [2.05, 4.69) is 4.98 Å². The Kier molecular flexibility index (Phi) is 3.33. The first kappa shape index (κ1) is 11.6. The molecule has 0 N–H and O–H groups in total. The zero-order valence-corrected chi connectivity index (χ0v) is 10.7. The van der Waals surface area contributed by atoms with E-state index in [1.165, 1.54) is 11.3 Å². The zero-order chi connectivity index (χ0) is 11.7. The molecule has 0 aliphatic heterocycles. The predicted octanol–water partition coefficient (Wildman–Crippen LogP) is 3.50. The van der Waals surface area contributed by atoms with E-state index >= 15 is 0 Å². The molecule has 2 aromatic rings. The molecule has 0 aliphatic carbocycles. The van der Waals surface area contributed by atoms with E-state index in [4.69, 9.17) is 23.2 Å². The minimum absolute atomic E-state index is 0.194. The van der Waals surface area contributed by atoms with Crippen molar-refractivity contribution >= 4 is 40.3 Å². The lowest BCUT2D eigenvalue weighted by Crippen LogP contribution is -2.09. The van der Waals surface area contributed by atoms with Gasteiger partial charge in [0.25, 0.3) is 0 Å². The van der Waals surface area contributed by atoms with E-state index in [9.17, 15) is 4.79 Å². The Morgan fingerprint density at radius 2 is 2.31 bits per heavy atom. The van der Waals surface area contributed by atoms with Gasteiger partial charge in [0.1, 0.15) is 4.34 Å². The molecule has 0 spiro atoms. The van der Waals surface area contributed by atoms with Gasteiger partial charge in [0, 0.05) is 18.9 Å². The molecule has 0 fully saturated rings. The minimum Gasteiger partial charge on any atom is -0.328 e. The van der Waals surface area contributed by atoms with Gasteiger partial charge in [0.2, 0.25) is 5.78 Å². The van der Waals surface area contributed by atoms with Crippen molar-refractivity contribution < 1.29 is 4.79 Å². The second-order valence-electron chi connectivity index (χ2n) is 3.10. The van der Waals surface area contributed by atoms with Gasteiger partial charge in [-0.2, -0.15) is 0 Å². The number of rotatable bonds is 3. The maximum atomic E-state index is 12.1. The van der Waals surface area contributed by atoms with Gasteiger partial charge in [-0.3, -0.25) is 4.79 Å². The lowest BCUT2D eigenvalue weighted by Gasteiger charge is -2.02. The fourth-order valence-electron chi connectivity index (χ4n) is 1.39. The molecule has 2 aromatic heterocycles. The highest BCUT2D eigenvalue weighted by Gasteiger charge is 2.19. The number of aryl methyl sites for hydroxylation is 1. The van der Waals surface area contributed by atoms with Gasteiger partial charge in [-0.15, -0.1) is 11.3 Å². The normalized spacial score (nSPS) is 10.7. The Labute approximate surface area is 107 Å². The molecule has 0 saturated heterocycles. The van der Waals surface area contributed by atoms with Crippen molar-refractivity contribution in [3.63, 3.8) is 0 Å². The van der Waals surface area contributed by atoms with Crippen LogP contribution in [0.4, 0.5) is 0 Å². The summed E-state index contributed by atoms with van der Waals surface area (Å²) in [5.41, 5.74) is 0.414. The van der Waals surface area contributed by atoms with Gasteiger partial charge >= 0.3 is 0 Å². The number of ketones is 1. The van der Waals surface area contributed by atoms with Crippen molar-refractivity contribution in [2.24, 2.45) is 0 Å². The molecule has 0 atom stereocenters. The highest BCUT2D eigenvalue weighted by molar-refractivity contribution is 7.20. The number of hydrogen-bond acceptors (Lipinski definition) is 3. The molecule has 0 aromatic carbocycles. The summed E-state index contributed by atoms with van der Waals surface area (Å²) in [4.78, 5) is 16.1. The van der Waals surface area contributed by atoms with Crippen molar-refractivity contribution in [2.45, 2.75) is 13.5 Å². The Bertz CT molecular complexity index is 533. The van der Waals surface area contributed by atoms with Gasteiger partial charge in [-0.25, -0.2) is 4.98 Å². The number of carbonyl (C=O) groups is 1. The second-order valence-corrected chi connectivity index (χ2v) is 5.39. The average molecular weight is 275 g/mol. The Morgan fingerprint density at radius 1 is 1.56 bits per heavy atom. The molecular formula is C10H8Cl2N2OS. The molecule has 0 saturated carbocycles. The molecule has 0 radical (unpaired) electrons. The first-order valence-corrected chi connectivity index (χ1v) is 6.21. The van der Waals surface area contributed by atoms with Gasteiger partial charge in [-0.1, -0.05) is 23.2 Å². The predicted molar refractivity (Wildman–Crippen MR) is 65.7 cm³/mol. The highest BCUT2D eigenvalue weighted by Crippen LogP contribution is 2.32. The molecule has 2 heterocycles. The van der Waals surface area contributed by atoms with E-state index in [1.54, 1.807) is 23.0 Å². The number of carbonyl (C=O) groups excluding carboxylic acids is 1. The lowest BCUT2D eigenvalue weighted by molar-refractivity contribution is 0.102. The monoisotopic (exact) mass is 274 g/mol. The molecule has 6 heteroatoms. The molecule has 0 aliphatic rings. The fraction of sp³-hybridized carbons (Fsp3) is 0.200. The van der Waals surface area contributed by atoms with Crippen LogP contribution in [-0.4, -0.2) is 15.3 Å². The van der Waals surface area contributed by atoms with Crippen molar-refractivity contribution in [1.29, 1.82) is 0 Å². The summed E-state index contributed by atoms with van der Waals surface area (Å²) in [5.74, 6) is 0.193. The summed E-state index contributed by atoms with van der Waals surface area (Å²) in [6.07, 6.45) is 3.35. The number of nitrogens with zero attached hydrogens (tertiary/aromatic N) is 2. The third kappa shape index (κ3) is 2.00. The van der Waals surface area contributed by atoms with Crippen LogP contribution in [0.5, 0.6) is 0 Å². The van der Waals surface area contributed by atoms with E-state index in [0.29, 0.717) is 26.6 Å². The number of aromatic nitrogens is 2. The first-order chi connectivity index (χ1) is 7.63. The van der Waals surface area contributed by atoms with Crippen LogP contribution in [0.25, 0.3) is 0 Å². The maximum absolute atomic E-state index is 12.1. The molecule has 0 bridgehead atoms. The van der Waals surface area contributed by atoms with E-state index < -0.39 is 0 Å². The zero-order valence-electron chi connectivity index (χ0n) is 8.41. The van der Waals surface area contributed by atoms with Gasteiger partial charge in [0.05, 0.1) is 9.90 Å². The van der Waals surface area contributed by atoms with Crippen LogP contribution in [0, 0.1) is 0 Å². The summed E-state index contributed by atoms with van der Waals surface area (Å²) in [5, 5.41) is 0. The summed E-state index contributed by atoms with van der Waals surface area (Å²) in [6, 6.07) is 1.57. The summed E-state index contributed by atoms with van der Waals surface area (Å²) < 4.78 is 2.67. The lowest BCUT2D eigenvalue weighted by atomic mass is 10.2. The molecule has 2 rings (SSSR count). The van der Waals surface area contributed by atoms with Crippen LogP contribution in [0.1, 0.15) is 23.1 Å².